The van der Waals surface area contributed by atoms with Crippen molar-refractivity contribution >= 4 is 28.6 Å². The lowest BCUT2D eigenvalue weighted by atomic mass is 10.2. The van der Waals surface area contributed by atoms with E-state index >= 15 is 0 Å². The van der Waals surface area contributed by atoms with Crippen LogP contribution in [-0.4, -0.2) is 39.1 Å². The summed E-state index contributed by atoms with van der Waals surface area (Å²) in [6, 6.07) is 6.50. The van der Waals surface area contributed by atoms with E-state index in [0.29, 0.717) is 18.1 Å². The highest BCUT2D eigenvalue weighted by atomic mass is 35.5. The van der Waals surface area contributed by atoms with Gasteiger partial charge in [0.05, 0.1) is 12.4 Å². The molecule has 1 atom stereocenters. The summed E-state index contributed by atoms with van der Waals surface area (Å²) in [6.07, 6.45) is 3.51. The molecule has 1 aliphatic heterocycles. The van der Waals surface area contributed by atoms with E-state index in [-0.39, 0.29) is 22.9 Å². The lowest BCUT2D eigenvalue weighted by Crippen LogP contribution is -2.35. The van der Waals surface area contributed by atoms with Crippen LogP contribution in [0.2, 0.25) is 5.28 Å². The fourth-order valence-electron chi connectivity index (χ4n) is 3.04. The van der Waals surface area contributed by atoms with Crippen molar-refractivity contribution in [2.24, 2.45) is 0 Å². The third-order valence-electron chi connectivity index (χ3n) is 4.16. The number of hydrogen-bond donors (Lipinski definition) is 1. The summed E-state index contributed by atoms with van der Waals surface area (Å²) in [5, 5.41) is 0.158. The van der Waals surface area contributed by atoms with E-state index in [4.69, 9.17) is 16.3 Å². The van der Waals surface area contributed by atoms with Crippen molar-refractivity contribution in [1.82, 2.24) is 19.9 Å². The Hall–Kier alpha value is -2.41. The van der Waals surface area contributed by atoms with Crippen molar-refractivity contribution in [3.63, 3.8) is 0 Å². The van der Waals surface area contributed by atoms with Crippen molar-refractivity contribution in [2.45, 2.75) is 18.9 Å². The zero-order chi connectivity index (χ0) is 16.5. The zero-order valence-electron chi connectivity index (χ0n) is 12.7. The monoisotopic (exact) mass is 347 g/mol. The predicted octanol–water partition coefficient (Wildman–Crippen LogP) is 3.19. The van der Waals surface area contributed by atoms with Gasteiger partial charge in [0.2, 0.25) is 5.28 Å². The second-order valence-corrected chi connectivity index (χ2v) is 5.99. The number of aromatic amines is 1. The third-order valence-corrected chi connectivity index (χ3v) is 4.33. The van der Waals surface area contributed by atoms with Crippen molar-refractivity contribution in [3.05, 3.63) is 41.7 Å². The van der Waals surface area contributed by atoms with Gasteiger partial charge in [0.15, 0.2) is 23.0 Å². The van der Waals surface area contributed by atoms with Crippen LogP contribution in [0.1, 0.15) is 12.8 Å². The first-order valence-corrected chi connectivity index (χ1v) is 8.11. The summed E-state index contributed by atoms with van der Waals surface area (Å²) in [4.78, 5) is 17.8. The topological polar surface area (TPSA) is 66.9 Å². The van der Waals surface area contributed by atoms with E-state index in [1.807, 2.05) is 0 Å². The van der Waals surface area contributed by atoms with E-state index < -0.39 is 0 Å². The van der Waals surface area contributed by atoms with Crippen molar-refractivity contribution in [2.75, 3.05) is 18.1 Å². The number of nitrogens with zero attached hydrogens (tertiary/aromatic N) is 4. The number of halogens is 2. The highest BCUT2D eigenvalue weighted by molar-refractivity contribution is 6.28. The van der Waals surface area contributed by atoms with Gasteiger partial charge in [-0.05, 0) is 36.6 Å². The van der Waals surface area contributed by atoms with E-state index in [2.05, 4.69) is 24.8 Å². The van der Waals surface area contributed by atoms with Crippen molar-refractivity contribution < 1.29 is 9.13 Å². The molecule has 2 aromatic heterocycles. The molecule has 1 saturated heterocycles. The Balaban J connectivity index is 1.58. The number of H-pyrrole nitrogens is 1. The maximum absolute atomic E-state index is 13.7. The smallest absolute Gasteiger partial charge is 0.226 e. The first-order chi connectivity index (χ1) is 11.7. The molecule has 0 amide bonds. The molecular formula is C16H15ClFN5O. The fourth-order valence-corrected chi connectivity index (χ4v) is 3.20. The van der Waals surface area contributed by atoms with Gasteiger partial charge < -0.3 is 14.6 Å². The van der Waals surface area contributed by atoms with E-state index in [9.17, 15) is 4.39 Å². The van der Waals surface area contributed by atoms with Crippen LogP contribution in [0.15, 0.2) is 30.6 Å². The molecule has 1 aliphatic rings. The number of ether oxygens (including phenoxy) is 1. The Bertz CT molecular complexity index is 871. The van der Waals surface area contributed by atoms with Crippen LogP contribution in [0.3, 0.4) is 0 Å². The largest absolute Gasteiger partial charge is 0.488 e. The number of para-hydroxylation sites is 1. The molecule has 0 bridgehead atoms. The number of imidazole rings is 1. The zero-order valence-corrected chi connectivity index (χ0v) is 13.5. The average molecular weight is 348 g/mol. The molecule has 4 rings (SSSR count). The van der Waals surface area contributed by atoms with Gasteiger partial charge in [-0.1, -0.05) is 12.1 Å². The van der Waals surface area contributed by atoms with Crippen LogP contribution in [0.25, 0.3) is 11.2 Å². The number of nitrogens with one attached hydrogen (secondary N) is 1. The summed E-state index contributed by atoms with van der Waals surface area (Å²) in [5.74, 6) is 0.613. The second kappa shape index (κ2) is 6.24. The molecule has 0 radical (unpaired) electrons. The van der Waals surface area contributed by atoms with E-state index in [0.717, 1.165) is 24.9 Å². The molecular weight excluding hydrogens is 333 g/mol. The lowest BCUT2D eigenvalue weighted by Gasteiger charge is -2.26. The molecule has 1 aromatic carbocycles. The number of benzene rings is 1. The minimum absolute atomic E-state index is 0.0853. The summed E-state index contributed by atoms with van der Waals surface area (Å²) >= 11 is 6.02. The first-order valence-electron chi connectivity index (χ1n) is 7.73. The molecule has 6 nitrogen and oxygen atoms in total. The van der Waals surface area contributed by atoms with Crippen LogP contribution < -0.4 is 9.64 Å². The minimum atomic E-state index is -0.358. The number of aromatic nitrogens is 4. The normalized spacial score (nSPS) is 17.6. The van der Waals surface area contributed by atoms with Gasteiger partial charge in [0, 0.05) is 6.54 Å². The minimum Gasteiger partial charge on any atom is -0.488 e. The molecule has 1 unspecified atom stereocenters. The van der Waals surface area contributed by atoms with Gasteiger partial charge in [-0.15, -0.1) is 0 Å². The Labute approximate surface area is 142 Å². The Kier molecular flexibility index (Phi) is 3.93. The summed E-state index contributed by atoms with van der Waals surface area (Å²) in [6.45, 7) is 1.20. The Morgan fingerprint density at radius 2 is 2.21 bits per heavy atom. The number of fused-ring (bicyclic) bond motifs is 1. The molecule has 1 N–H and O–H groups in total. The van der Waals surface area contributed by atoms with Crippen molar-refractivity contribution in [3.8, 4) is 5.75 Å². The van der Waals surface area contributed by atoms with Crippen molar-refractivity contribution in [1.29, 1.82) is 0 Å². The predicted molar refractivity (Wildman–Crippen MR) is 89.0 cm³/mol. The number of anilines is 1. The molecule has 24 heavy (non-hydrogen) atoms. The molecule has 0 aliphatic carbocycles. The summed E-state index contributed by atoms with van der Waals surface area (Å²) in [5.41, 5.74) is 1.28. The molecule has 3 heterocycles. The van der Waals surface area contributed by atoms with Gasteiger partial charge in [-0.3, -0.25) is 0 Å². The molecule has 124 valence electrons. The molecule has 1 fully saturated rings. The fraction of sp³-hybridized carbons (Fsp3) is 0.312. The highest BCUT2D eigenvalue weighted by Crippen LogP contribution is 2.30. The Morgan fingerprint density at radius 1 is 1.33 bits per heavy atom. The maximum Gasteiger partial charge on any atom is 0.226 e. The maximum atomic E-state index is 13.7. The first kappa shape index (κ1) is 15.1. The van der Waals surface area contributed by atoms with Gasteiger partial charge in [-0.2, -0.15) is 9.97 Å². The van der Waals surface area contributed by atoms with Crippen LogP contribution >= 0.6 is 11.6 Å². The van der Waals surface area contributed by atoms with Gasteiger partial charge in [0.1, 0.15) is 12.1 Å². The Morgan fingerprint density at radius 3 is 3.08 bits per heavy atom. The molecule has 3 aromatic rings. The highest BCUT2D eigenvalue weighted by Gasteiger charge is 2.29. The number of rotatable bonds is 4. The van der Waals surface area contributed by atoms with Crippen LogP contribution in [0.4, 0.5) is 10.2 Å². The summed E-state index contributed by atoms with van der Waals surface area (Å²) in [7, 11) is 0. The molecule has 8 heteroatoms. The van der Waals surface area contributed by atoms with Crippen LogP contribution in [0.5, 0.6) is 5.75 Å². The summed E-state index contributed by atoms with van der Waals surface area (Å²) < 4.78 is 19.4. The van der Waals surface area contributed by atoms with Crippen LogP contribution in [-0.2, 0) is 0 Å². The number of hydrogen-bond acceptors (Lipinski definition) is 5. The SMILES string of the molecule is Fc1ccccc1OCC1CCCN1c1nc(Cl)nc2nc[nH]c12. The standard InChI is InChI=1S/C16H15ClFN5O/c17-16-21-14-13(19-9-20-14)15(22-16)23-7-3-4-10(23)8-24-12-6-2-1-5-11(12)18/h1-2,5-6,9-10H,3-4,7-8H2,(H,19,20,21,22). The third kappa shape index (κ3) is 2.75. The van der Waals surface area contributed by atoms with Crippen LogP contribution in [0, 0.1) is 5.82 Å². The second-order valence-electron chi connectivity index (χ2n) is 5.65. The molecule has 0 saturated carbocycles. The quantitative estimate of drug-likeness (QED) is 0.734. The van der Waals surface area contributed by atoms with Gasteiger partial charge in [-0.25, -0.2) is 9.37 Å². The van der Waals surface area contributed by atoms with Gasteiger partial charge >= 0.3 is 0 Å². The average Bonchev–Trinajstić information content (AvgIpc) is 3.22. The lowest BCUT2D eigenvalue weighted by molar-refractivity contribution is 0.275. The van der Waals surface area contributed by atoms with Gasteiger partial charge in [0.25, 0.3) is 0 Å². The van der Waals surface area contributed by atoms with E-state index in [1.165, 1.54) is 6.07 Å². The molecule has 0 spiro atoms. The van der Waals surface area contributed by atoms with E-state index in [1.54, 1.807) is 24.5 Å².